The Bertz CT molecular complexity index is 3070. The number of fused-ring (bicyclic) bond motifs is 2. The van der Waals surface area contributed by atoms with Crippen LogP contribution in [0.1, 0.15) is 46.1 Å². The first-order chi connectivity index (χ1) is 33.1. The minimum Gasteiger partial charge on any atom is -0.486 e. The zero-order valence-corrected chi connectivity index (χ0v) is 40.6. The summed E-state index contributed by atoms with van der Waals surface area (Å²) >= 11 is 9.45. The molecule has 9 rings (SSSR count). The van der Waals surface area contributed by atoms with Gasteiger partial charge in [0.2, 0.25) is 11.9 Å². The van der Waals surface area contributed by atoms with E-state index in [1.165, 1.54) is 36.7 Å². The number of nitrogens with two attached hydrogens (primary N) is 1. The fourth-order valence-electron chi connectivity index (χ4n) is 7.66. The summed E-state index contributed by atoms with van der Waals surface area (Å²) in [6, 6.07) is 10.3. The van der Waals surface area contributed by atoms with Gasteiger partial charge in [0.1, 0.15) is 47.9 Å². The van der Waals surface area contributed by atoms with Crippen LogP contribution in [0, 0.1) is 24.4 Å². The van der Waals surface area contributed by atoms with Crippen molar-refractivity contribution in [1.82, 2.24) is 49.3 Å². The van der Waals surface area contributed by atoms with E-state index < -0.39 is 23.4 Å². The molecule has 0 bridgehead atoms. The number of H-pyrrole nitrogens is 1. The Balaban J connectivity index is 0.000000186. The molecule has 1 aliphatic carbocycles. The van der Waals surface area contributed by atoms with Gasteiger partial charge in [0.25, 0.3) is 5.91 Å². The number of aldehydes is 1. The summed E-state index contributed by atoms with van der Waals surface area (Å²) in [6.07, 6.45) is 5.68. The molecular weight excluding hydrogens is 981 g/mol. The average Bonchev–Trinajstić information content (AvgIpc) is 3.99. The maximum atomic E-state index is 14.6. The highest BCUT2D eigenvalue weighted by atomic mass is 79.9. The number of aromatic nitrogens is 8. The number of benzene rings is 3. The second-order valence-corrected chi connectivity index (χ2v) is 18.4. The van der Waals surface area contributed by atoms with Crippen molar-refractivity contribution >= 4 is 79.8 Å². The van der Waals surface area contributed by atoms with Gasteiger partial charge in [-0.3, -0.25) is 9.59 Å². The number of carbonyl (C=O) groups is 2. The second kappa shape index (κ2) is 20.9. The molecule has 7 aromatic rings. The predicted molar refractivity (Wildman–Crippen MR) is 262 cm³/mol. The molecule has 1 aliphatic heterocycles. The molecule has 0 spiro atoms. The van der Waals surface area contributed by atoms with E-state index in [2.05, 4.69) is 69.7 Å². The number of piperazine rings is 1. The van der Waals surface area contributed by atoms with Crippen LogP contribution in [-0.4, -0.2) is 129 Å². The van der Waals surface area contributed by atoms with Gasteiger partial charge in [0.15, 0.2) is 23.0 Å². The first kappa shape index (κ1) is 48.8. The van der Waals surface area contributed by atoms with Crippen LogP contribution in [0.25, 0.3) is 27.9 Å². The minimum absolute atomic E-state index is 0.00235. The fourth-order valence-corrected chi connectivity index (χ4v) is 8.17. The third-order valence-corrected chi connectivity index (χ3v) is 12.5. The van der Waals surface area contributed by atoms with Crippen LogP contribution in [0.3, 0.4) is 0 Å². The summed E-state index contributed by atoms with van der Waals surface area (Å²) in [5.41, 5.74) is 9.82. The number of imidazole rings is 1. The standard InChI is InChI=1S/C25H27F2N5O2.C22H22BrClFN9O/c1-14-19(22-23(24(28)30-13-29-22)34-9-8-32(2)3)11-17(26)12-21(14)31-25(33)18-7-6-16(10-20(18)27)15-4-5-15;1-13(12-35)10-33(11-17-27-16-4-3-15(24)18(25)19(16)28-17)22-30-21(32-7-5-31(2)6-8-32)29-20-14(23)9-26-34(20)22/h6-7,10-13,15H,4-5,8-9H2,1-3H3,(H,31,33)(H2,28,29,30);3-4,9,12H,1,5-8,10-11H2,2H3,(H,27,28). The lowest BCUT2D eigenvalue weighted by Crippen LogP contribution is -2.45. The van der Waals surface area contributed by atoms with E-state index in [0.717, 1.165) is 44.6 Å². The molecule has 360 valence electrons. The SMILES string of the molecule is C=C(C=O)CN(Cc1nc2c(F)c(Cl)ccc2[nH]1)c1nc(N2CCN(C)CC2)nc2c(Br)cnn12.Cc1c(NC(=O)c2ccc(C3CC3)cc2F)cc(F)cc1-c1ncnc(N)c1OCCN(C)C. The van der Waals surface area contributed by atoms with Crippen molar-refractivity contribution in [1.29, 1.82) is 0 Å². The van der Waals surface area contributed by atoms with Crippen LogP contribution < -0.4 is 25.6 Å². The van der Waals surface area contributed by atoms with Gasteiger partial charge in [-0.2, -0.15) is 19.6 Å². The number of nitrogens with one attached hydrogen (secondary N) is 2. The van der Waals surface area contributed by atoms with E-state index in [0.29, 0.717) is 81.1 Å². The molecule has 2 aliphatic rings. The highest BCUT2D eigenvalue weighted by molar-refractivity contribution is 9.10. The number of amides is 1. The quantitative estimate of drug-likeness (QED) is 0.0678. The number of ether oxygens (including phenoxy) is 1. The first-order valence-corrected chi connectivity index (χ1v) is 23.1. The van der Waals surface area contributed by atoms with Crippen molar-refractivity contribution in [3.05, 3.63) is 117 Å². The number of hydrogen-bond donors (Lipinski definition) is 3. The Labute approximate surface area is 408 Å². The maximum Gasteiger partial charge on any atom is 0.258 e. The van der Waals surface area contributed by atoms with E-state index >= 15 is 0 Å². The Morgan fingerprint density at radius 1 is 1.07 bits per heavy atom. The molecule has 22 heteroatoms. The smallest absolute Gasteiger partial charge is 0.258 e. The van der Waals surface area contributed by atoms with Gasteiger partial charge in [-0.1, -0.05) is 24.2 Å². The van der Waals surface area contributed by atoms with Crippen molar-refractivity contribution in [2.75, 3.05) is 87.9 Å². The molecule has 4 N–H and O–H groups in total. The highest BCUT2D eigenvalue weighted by Gasteiger charge is 2.27. The van der Waals surface area contributed by atoms with Gasteiger partial charge >= 0.3 is 0 Å². The zero-order valence-electron chi connectivity index (χ0n) is 38.2. The van der Waals surface area contributed by atoms with Gasteiger partial charge in [-0.25, -0.2) is 28.1 Å². The molecule has 69 heavy (non-hydrogen) atoms. The fraction of sp³-hybridized carbons (Fsp3) is 0.319. The predicted octanol–water partition coefficient (Wildman–Crippen LogP) is 7.45. The summed E-state index contributed by atoms with van der Waals surface area (Å²) in [4.78, 5) is 57.8. The van der Waals surface area contributed by atoms with Gasteiger partial charge < -0.3 is 40.4 Å². The molecule has 0 unspecified atom stereocenters. The van der Waals surface area contributed by atoms with Crippen LogP contribution in [-0.2, 0) is 11.3 Å². The molecular formula is C47H49BrClF3N14O3. The molecule has 1 saturated heterocycles. The van der Waals surface area contributed by atoms with Crippen molar-refractivity contribution in [2.45, 2.75) is 32.2 Å². The van der Waals surface area contributed by atoms with E-state index in [1.54, 1.807) is 29.8 Å². The second-order valence-electron chi connectivity index (χ2n) is 17.1. The number of carbonyl (C=O) groups excluding carboxylic acids is 2. The Kier molecular flexibility index (Phi) is 14.8. The lowest BCUT2D eigenvalue weighted by molar-refractivity contribution is -0.104. The largest absolute Gasteiger partial charge is 0.486 e. The number of nitrogens with zero attached hydrogens (tertiary/aromatic N) is 11. The van der Waals surface area contributed by atoms with Crippen LogP contribution in [0.15, 0.2) is 71.6 Å². The van der Waals surface area contributed by atoms with Crippen molar-refractivity contribution < 1.29 is 27.5 Å². The van der Waals surface area contributed by atoms with E-state index in [-0.39, 0.29) is 46.4 Å². The summed E-state index contributed by atoms with van der Waals surface area (Å²) in [6.45, 7) is 10.2. The highest BCUT2D eigenvalue weighted by Crippen LogP contribution is 2.41. The van der Waals surface area contributed by atoms with E-state index in [1.807, 2.05) is 23.9 Å². The van der Waals surface area contributed by atoms with Crippen molar-refractivity contribution in [3.8, 4) is 17.0 Å². The molecule has 1 amide bonds. The molecule has 1 saturated carbocycles. The molecule has 2 fully saturated rings. The maximum absolute atomic E-state index is 14.6. The van der Waals surface area contributed by atoms with Gasteiger partial charge in [-0.15, -0.1) is 0 Å². The molecule has 17 nitrogen and oxygen atoms in total. The van der Waals surface area contributed by atoms with Crippen LogP contribution >= 0.6 is 27.5 Å². The number of rotatable bonds is 15. The summed E-state index contributed by atoms with van der Waals surface area (Å²) in [5.74, 6) is -0.242. The lowest BCUT2D eigenvalue weighted by Gasteiger charge is -2.33. The molecule has 3 aromatic carbocycles. The first-order valence-electron chi connectivity index (χ1n) is 21.9. The monoisotopic (exact) mass is 1030 g/mol. The van der Waals surface area contributed by atoms with E-state index in [9.17, 15) is 22.8 Å². The Morgan fingerprint density at radius 3 is 2.55 bits per heavy atom. The molecule has 4 aromatic heterocycles. The lowest BCUT2D eigenvalue weighted by atomic mass is 10.0. The minimum atomic E-state index is -0.663. The van der Waals surface area contributed by atoms with Crippen LogP contribution in [0.4, 0.5) is 36.6 Å². The Hall–Kier alpha value is -6.68. The third kappa shape index (κ3) is 11.1. The normalized spacial score (nSPS) is 14.0. The number of nitrogen functional groups attached to an aromatic ring is 1. The Morgan fingerprint density at radius 2 is 1.84 bits per heavy atom. The number of aromatic amines is 1. The average molecular weight is 1030 g/mol. The van der Waals surface area contributed by atoms with Crippen molar-refractivity contribution in [2.24, 2.45) is 0 Å². The molecule has 0 atom stereocenters. The number of likely N-dealkylation sites (N-methyl/N-ethyl adjacent to an activating group) is 2. The number of anilines is 4. The van der Waals surface area contributed by atoms with Crippen molar-refractivity contribution in [3.63, 3.8) is 0 Å². The van der Waals surface area contributed by atoms with Crippen LogP contribution in [0.5, 0.6) is 5.75 Å². The zero-order chi connectivity index (χ0) is 49.1. The molecule has 5 heterocycles. The number of halogens is 5. The van der Waals surface area contributed by atoms with Crippen LogP contribution in [0.2, 0.25) is 5.02 Å². The van der Waals surface area contributed by atoms with Gasteiger partial charge in [0.05, 0.1) is 33.3 Å². The topological polar surface area (TPSA) is 192 Å². The summed E-state index contributed by atoms with van der Waals surface area (Å²) in [7, 11) is 5.89. The molecule has 0 radical (unpaired) electrons. The third-order valence-electron chi connectivity index (χ3n) is 11.6. The summed E-state index contributed by atoms with van der Waals surface area (Å²) < 4.78 is 51.8. The van der Waals surface area contributed by atoms with Gasteiger partial charge in [0, 0.05) is 56.1 Å². The van der Waals surface area contributed by atoms with Gasteiger partial charge in [-0.05, 0) is 110 Å². The summed E-state index contributed by atoms with van der Waals surface area (Å²) in [5, 5.41) is 7.06. The van der Waals surface area contributed by atoms with E-state index in [4.69, 9.17) is 32.0 Å². The number of hydrogen-bond acceptors (Lipinski definition) is 14.